The summed E-state index contributed by atoms with van der Waals surface area (Å²) in [6, 6.07) is 1.40. The summed E-state index contributed by atoms with van der Waals surface area (Å²) in [6.07, 6.45) is 4.68. The van der Waals surface area contributed by atoms with Gasteiger partial charge in [-0.1, -0.05) is 5.21 Å². The summed E-state index contributed by atoms with van der Waals surface area (Å²) >= 11 is 0. The minimum atomic E-state index is -0.392. The molecular weight excluding hydrogens is 234 g/mol. The van der Waals surface area contributed by atoms with Crippen LogP contribution in [-0.2, 0) is 6.54 Å². The second-order valence-corrected chi connectivity index (χ2v) is 3.82. The maximum atomic E-state index is 11.7. The van der Waals surface area contributed by atoms with Crippen molar-refractivity contribution in [1.29, 1.82) is 0 Å². The summed E-state index contributed by atoms with van der Waals surface area (Å²) in [5, 5.41) is 10.1. The molecule has 0 saturated heterocycles. The number of aromatic amines is 1. The Bertz CT molecular complexity index is 588. The molecule has 7 nitrogen and oxygen atoms in total. The van der Waals surface area contributed by atoms with Crippen LogP contribution in [-0.4, -0.2) is 32.4 Å². The highest BCUT2D eigenvalue weighted by atomic mass is 16.2. The Labute approximate surface area is 103 Å². The Kier molecular flexibility index (Phi) is 3.52. The normalized spacial score (nSPS) is 10.3. The van der Waals surface area contributed by atoms with E-state index in [4.69, 9.17) is 0 Å². The Hall–Kier alpha value is -2.44. The summed E-state index contributed by atoms with van der Waals surface area (Å²) in [5.74, 6) is -0.392. The number of amides is 1. The number of nitrogens with one attached hydrogen (secondary N) is 2. The monoisotopic (exact) mass is 247 g/mol. The number of carbonyl (C=O) groups excluding carboxylic acids is 1. The molecule has 0 saturated carbocycles. The van der Waals surface area contributed by atoms with Crippen molar-refractivity contribution in [3.05, 3.63) is 46.1 Å². The molecule has 7 heteroatoms. The fourth-order valence-electron chi connectivity index (χ4n) is 1.48. The predicted octanol–water partition coefficient (Wildman–Crippen LogP) is -0.295. The molecule has 2 heterocycles. The molecule has 1 amide bonds. The number of nitrogens with zero attached hydrogens (tertiary/aromatic N) is 3. The van der Waals surface area contributed by atoms with Gasteiger partial charge in [0.05, 0.1) is 12.7 Å². The van der Waals surface area contributed by atoms with Crippen molar-refractivity contribution in [2.75, 3.05) is 6.54 Å². The van der Waals surface area contributed by atoms with Crippen molar-refractivity contribution in [3.63, 3.8) is 0 Å². The fraction of sp³-hybridized carbons (Fsp3) is 0.273. The number of carbonyl (C=O) groups is 1. The Morgan fingerprint density at radius 2 is 2.39 bits per heavy atom. The van der Waals surface area contributed by atoms with Crippen molar-refractivity contribution >= 4 is 5.91 Å². The third-order valence-electron chi connectivity index (χ3n) is 2.40. The van der Waals surface area contributed by atoms with Gasteiger partial charge in [0.2, 0.25) is 0 Å². The Morgan fingerprint density at radius 1 is 1.56 bits per heavy atom. The SMILES string of the molecule is Cc1cc(=O)c(C(=O)NCCn2ccnn2)c[nH]1. The van der Waals surface area contributed by atoms with Crippen molar-refractivity contribution in [2.45, 2.75) is 13.5 Å². The average molecular weight is 247 g/mol. The first-order valence-corrected chi connectivity index (χ1v) is 5.48. The molecule has 0 aliphatic carbocycles. The summed E-state index contributed by atoms with van der Waals surface area (Å²) in [6.45, 7) is 2.65. The third kappa shape index (κ3) is 2.82. The van der Waals surface area contributed by atoms with E-state index in [0.29, 0.717) is 13.1 Å². The van der Waals surface area contributed by atoms with Gasteiger partial charge in [0.25, 0.3) is 5.91 Å². The average Bonchev–Trinajstić information content (AvgIpc) is 2.81. The zero-order valence-electron chi connectivity index (χ0n) is 9.88. The number of aryl methyl sites for hydroxylation is 1. The van der Waals surface area contributed by atoms with Gasteiger partial charge >= 0.3 is 0 Å². The van der Waals surface area contributed by atoms with E-state index in [1.165, 1.54) is 12.3 Å². The van der Waals surface area contributed by atoms with E-state index in [0.717, 1.165) is 5.69 Å². The largest absolute Gasteiger partial charge is 0.364 e. The molecule has 2 aromatic rings. The first-order valence-electron chi connectivity index (χ1n) is 5.48. The molecule has 94 valence electrons. The second-order valence-electron chi connectivity index (χ2n) is 3.82. The van der Waals surface area contributed by atoms with Crippen LogP contribution in [0.4, 0.5) is 0 Å². The molecule has 0 atom stereocenters. The topological polar surface area (TPSA) is 92.7 Å². The van der Waals surface area contributed by atoms with Crippen LogP contribution in [0.2, 0.25) is 0 Å². The molecule has 0 aromatic carbocycles. The van der Waals surface area contributed by atoms with E-state index in [9.17, 15) is 9.59 Å². The Balaban J connectivity index is 1.93. The Morgan fingerprint density at radius 3 is 3.06 bits per heavy atom. The quantitative estimate of drug-likeness (QED) is 0.776. The van der Waals surface area contributed by atoms with Gasteiger partial charge in [-0.05, 0) is 6.92 Å². The predicted molar refractivity (Wildman–Crippen MR) is 64.2 cm³/mol. The van der Waals surface area contributed by atoms with Gasteiger partial charge in [-0.2, -0.15) is 0 Å². The van der Waals surface area contributed by atoms with Gasteiger partial charge in [-0.3, -0.25) is 14.3 Å². The zero-order valence-corrected chi connectivity index (χ0v) is 9.88. The van der Waals surface area contributed by atoms with Crippen molar-refractivity contribution in [3.8, 4) is 0 Å². The van der Waals surface area contributed by atoms with Crippen LogP contribution in [0.1, 0.15) is 16.1 Å². The number of H-pyrrole nitrogens is 1. The first-order chi connectivity index (χ1) is 8.66. The lowest BCUT2D eigenvalue weighted by molar-refractivity contribution is 0.0950. The lowest BCUT2D eigenvalue weighted by atomic mass is 10.2. The maximum absolute atomic E-state index is 11.7. The van der Waals surface area contributed by atoms with E-state index >= 15 is 0 Å². The fourth-order valence-corrected chi connectivity index (χ4v) is 1.48. The molecule has 0 spiro atoms. The van der Waals surface area contributed by atoms with E-state index in [-0.39, 0.29) is 11.0 Å². The van der Waals surface area contributed by atoms with Crippen LogP contribution in [0, 0.1) is 6.92 Å². The highest BCUT2D eigenvalue weighted by Crippen LogP contribution is 1.92. The molecule has 2 rings (SSSR count). The van der Waals surface area contributed by atoms with Gasteiger partial charge in [0, 0.05) is 30.7 Å². The number of hydrogen-bond acceptors (Lipinski definition) is 4. The maximum Gasteiger partial charge on any atom is 0.256 e. The highest BCUT2D eigenvalue weighted by molar-refractivity contribution is 5.93. The van der Waals surface area contributed by atoms with E-state index in [1.54, 1.807) is 24.0 Å². The number of hydrogen-bond donors (Lipinski definition) is 2. The smallest absolute Gasteiger partial charge is 0.256 e. The van der Waals surface area contributed by atoms with Gasteiger partial charge < -0.3 is 10.3 Å². The van der Waals surface area contributed by atoms with E-state index in [1.807, 2.05) is 0 Å². The standard InChI is InChI=1S/C11H13N5O2/c1-8-6-10(17)9(7-13-8)11(18)12-2-4-16-5-3-14-15-16/h3,5-7H,2,4H2,1H3,(H,12,18)(H,13,17). The van der Waals surface area contributed by atoms with Crippen LogP contribution < -0.4 is 10.7 Å². The molecule has 0 aliphatic rings. The van der Waals surface area contributed by atoms with E-state index in [2.05, 4.69) is 20.6 Å². The lowest BCUT2D eigenvalue weighted by Crippen LogP contribution is -2.31. The minimum absolute atomic E-state index is 0.110. The molecule has 0 unspecified atom stereocenters. The summed E-state index contributed by atoms with van der Waals surface area (Å²) in [7, 11) is 0. The lowest BCUT2D eigenvalue weighted by Gasteiger charge is -2.04. The zero-order chi connectivity index (χ0) is 13.0. The molecule has 2 N–H and O–H groups in total. The second kappa shape index (κ2) is 5.26. The number of rotatable bonds is 4. The van der Waals surface area contributed by atoms with Crippen LogP contribution in [0.3, 0.4) is 0 Å². The number of pyridine rings is 1. The summed E-state index contributed by atoms with van der Waals surface area (Å²) < 4.78 is 1.60. The minimum Gasteiger partial charge on any atom is -0.364 e. The summed E-state index contributed by atoms with van der Waals surface area (Å²) in [5.41, 5.74) is 0.544. The molecule has 0 fully saturated rings. The van der Waals surface area contributed by atoms with Crippen molar-refractivity contribution in [2.24, 2.45) is 0 Å². The van der Waals surface area contributed by atoms with Crippen LogP contribution in [0.15, 0.2) is 29.5 Å². The van der Waals surface area contributed by atoms with Crippen LogP contribution >= 0.6 is 0 Å². The number of aromatic nitrogens is 4. The van der Waals surface area contributed by atoms with E-state index < -0.39 is 5.91 Å². The molecule has 0 radical (unpaired) electrons. The molecule has 18 heavy (non-hydrogen) atoms. The van der Waals surface area contributed by atoms with Gasteiger partial charge in [0.1, 0.15) is 5.56 Å². The molecular formula is C11H13N5O2. The van der Waals surface area contributed by atoms with Gasteiger partial charge in [-0.25, -0.2) is 0 Å². The van der Waals surface area contributed by atoms with Crippen LogP contribution in [0.5, 0.6) is 0 Å². The molecule has 2 aromatic heterocycles. The van der Waals surface area contributed by atoms with Crippen molar-refractivity contribution in [1.82, 2.24) is 25.3 Å². The third-order valence-corrected chi connectivity index (χ3v) is 2.40. The summed E-state index contributed by atoms with van der Waals surface area (Å²) in [4.78, 5) is 26.1. The van der Waals surface area contributed by atoms with Gasteiger partial charge in [-0.15, -0.1) is 5.10 Å². The van der Waals surface area contributed by atoms with Gasteiger partial charge in [0.15, 0.2) is 5.43 Å². The molecule has 0 bridgehead atoms. The highest BCUT2D eigenvalue weighted by Gasteiger charge is 2.09. The van der Waals surface area contributed by atoms with Crippen LogP contribution in [0.25, 0.3) is 0 Å². The first kappa shape index (κ1) is 12.0. The van der Waals surface area contributed by atoms with Crippen molar-refractivity contribution < 1.29 is 4.79 Å². The molecule has 0 aliphatic heterocycles.